The molecule has 1 aliphatic heterocycles. The van der Waals surface area contributed by atoms with E-state index in [1.54, 1.807) is 14.2 Å². The quantitative estimate of drug-likeness (QED) is 0.862. The van der Waals surface area contributed by atoms with Gasteiger partial charge in [-0.2, -0.15) is 0 Å². The van der Waals surface area contributed by atoms with Gasteiger partial charge in [-0.1, -0.05) is 0 Å². The molecule has 1 saturated heterocycles. The summed E-state index contributed by atoms with van der Waals surface area (Å²) in [5.74, 6) is 1.82. The van der Waals surface area contributed by atoms with Crippen LogP contribution >= 0.6 is 12.4 Å². The van der Waals surface area contributed by atoms with Gasteiger partial charge in [-0.3, -0.25) is 0 Å². The van der Waals surface area contributed by atoms with Gasteiger partial charge in [0.15, 0.2) is 0 Å². The van der Waals surface area contributed by atoms with E-state index in [1.165, 1.54) is 12.0 Å². The van der Waals surface area contributed by atoms with Crippen molar-refractivity contribution in [3.63, 3.8) is 0 Å². The van der Waals surface area contributed by atoms with Crippen molar-refractivity contribution in [2.45, 2.75) is 12.5 Å². The molecule has 1 N–H and O–H groups in total. The molecule has 15 heavy (non-hydrogen) atoms. The fraction of sp³-hybridized carbons (Fsp3) is 0.455. The average Bonchev–Trinajstić information content (AvgIpc) is 2.15. The summed E-state index contributed by atoms with van der Waals surface area (Å²) in [6.07, 6.45) is 1.17. The van der Waals surface area contributed by atoms with Crippen LogP contribution < -0.4 is 14.8 Å². The maximum Gasteiger partial charge on any atom is 0.123 e. The number of nitrogens with one attached hydrogen (secondary N) is 1. The molecule has 0 spiro atoms. The molecule has 0 aliphatic carbocycles. The molecule has 1 aromatic carbocycles. The van der Waals surface area contributed by atoms with Gasteiger partial charge in [0, 0.05) is 11.6 Å². The first-order valence-corrected chi connectivity index (χ1v) is 4.80. The van der Waals surface area contributed by atoms with Crippen LogP contribution in [0.5, 0.6) is 11.5 Å². The molecule has 1 atom stereocenters. The number of benzene rings is 1. The maximum atomic E-state index is 5.31. The Bertz CT molecular complexity index is 326. The minimum absolute atomic E-state index is 0. The summed E-state index contributed by atoms with van der Waals surface area (Å²) in [6.45, 7) is 1.09. The van der Waals surface area contributed by atoms with Gasteiger partial charge in [0.1, 0.15) is 11.5 Å². The van der Waals surface area contributed by atoms with Crippen LogP contribution in [0.2, 0.25) is 0 Å². The number of methoxy groups -OCH3 is 2. The zero-order chi connectivity index (χ0) is 9.97. The molecule has 84 valence electrons. The first-order valence-electron chi connectivity index (χ1n) is 4.80. The van der Waals surface area contributed by atoms with Crippen molar-refractivity contribution in [2.24, 2.45) is 0 Å². The van der Waals surface area contributed by atoms with Crippen molar-refractivity contribution in [3.8, 4) is 11.5 Å². The second-order valence-electron chi connectivity index (χ2n) is 3.40. The minimum atomic E-state index is 0. The van der Waals surface area contributed by atoms with E-state index in [4.69, 9.17) is 9.47 Å². The predicted octanol–water partition coefficient (Wildman–Crippen LogP) is 2.16. The Kier molecular flexibility index (Phi) is 4.24. The van der Waals surface area contributed by atoms with Crippen molar-refractivity contribution >= 4 is 12.4 Å². The molecular weight excluding hydrogens is 214 g/mol. The van der Waals surface area contributed by atoms with Crippen LogP contribution in [0.4, 0.5) is 0 Å². The van der Waals surface area contributed by atoms with Crippen molar-refractivity contribution in [2.75, 3.05) is 20.8 Å². The summed E-state index contributed by atoms with van der Waals surface area (Å²) in [5.41, 5.74) is 1.19. The van der Waals surface area contributed by atoms with Gasteiger partial charge in [0.25, 0.3) is 0 Å². The Labute approximate surface area is 96.2 Å². The average molecular weight is 230 g/mol. The summed E-state index contributed by atoms with van der Waals surface area (Å²) in [6, 6.07) is 6.34. The Balaban J connectivity index is 0.00000112. The molecule has 0 bridgehead atoms. The third-order valence-electron chi connectivity index (χ3n) is 2.64. The second kappa shape index (κ2) is 5.24. The first kappa shape index (κ1) is 12.1. The zero-order valence-corrected chi connectivity index (χ0v) is 9.76. The maximum absolute atomic E-state index is 5.31. The molecule has 0 saturated carbocycles. The minimum Gasteiger partial charge on any atom is -0.497 e. The molecule has 1 fully saturated rings. The molecule has 4 heteroatoms. The van der Waals surface area contributed by atoms with Crippen LogP contribution in [-0.4, -0.2) is 20.8 Å². The molecule has 2 rings (SSSR count). The van der Waals surface area contributed by atoms with Crippen LogP contribution in [0.15, 0.2) is 18.2 Å². The SMILES string of the molecule is COc1ccc(OC)c([C@H]2CCN2)c1.Cl. The molecule has 3 nitrogen and oxygen atoms in total. The molecule has 0 aromatic heterocycles. The number of rotatable bonds is 3. The highest BCUT2D eigenvalue weighted by atomic mass is 35.5. The molecule has 1 aliphatic rings. The highest BCUT2D eigenvalue weighted by Gasteiger charge is 2.22. The lowest BCUT2D eigenvalue weighted by atomic mass is 9.97. The van der Waals surface area contributed by atoms with E-state index in [9.17, 15) is 0 Å². The Hall–Kier alpha value is -0.930. The van der Waals surface area contributed by atoms with E-state index < -0.39 is 0 Å². The monoisotopic (exact) mass is 229 g/mol. The zero-order valence-electron chi connectivity index (χ0n) is 8.95. The predicted molar refractivity (Wildman–Crippen MR) is 62.2 cm³/mol. The lowest BCUT2D eigenvalue weighted by molar-refractivity contribution is 0.349. The molecular formula is C11H16ClNO2. The Morgan fingerprint density at radius 1 is 1.27 bits per heavy atom. The lowest BCUT2D eigenvalue weighted by Crippen LogP contribution is -2.35. The van der Waals surface area contributed by atoms with E-state index in [1.807, 2.05) is 18.2 Å². The van der Waals surface area contributed by atoms with Gasteiger partial charge in [-0.25, -0.2) is 0 Å². The summed E-state index contributed by atoms with van der Waals surface area (Å²) in [5, 5.41) is 3.35. The van der Waals surface area contributed by atoms with Crippen molar-refractivity contribution < 1.29 is 9.47 Å². The van der Waals surface area contributed by atoms with Crippen molar-refractivity contribution in [3.05, 3.63) is 23.8 Å². The standard InChI is InChI=1S/C11H15NO2.ClH/c1-13-8-3-4-11(14-2)9(7-8)10-5-6-12-10;/h3-4,7,10,12H,5-6H2,1-2H3;1H/t10-;/m1./s1. The molecule has 0 radical (unpaired) electrons. The topological polar surface area (TPSA) is 30.5 Å². The Morgan fingerprint density at radius 2 is 2.00 bits per heavy atom. The van der Waals surface area contributed by atoms with E-state index >= 15 is 0 Å². The Morgan fingerprint density at radius 3 is 2.47 bits per heavy atom. The third-order valence-corrected chi connectivity index (χ3v) is 2.64. The summed E-state index contributed by atoms with van der Waals surface area (Å²) in [7, 11) is 3.38. The van der Waals surface area contributed by atoms with E-state index in [0.29, 0.717) is 6.04 Å². The summed E-state index contributed by atoms with van der Waals surface area (Å²) < 4.78 is 10.5. The normalized spacial score (nSPS) is 18.7. The lowest BCUT2D eigenvalue weighted by Gasteiger charge is -2.29. The van der Waals surface area contributed by atoms with Crippen molar-refractivity contribution in [1.29, 1.82) is 0 Å². The number of hydrogen-bond donors (Lipinski definition) is 1. The van der Waals surface area contributed by atoms with Gasteiger partial charge in [-0.15, -0.1) is 12.4 Å². The van der Waals surface area contributed by atoms with E-state index in [0.717, 1.165) is 18.0 Å². The largest absolute Gasteiger partial charge is 0.497 e. The van der Waals surface area contributed by atoms with Gasteiger partial charge in [-0.05, 0) is 31.2 Å². The van der Waals surface area contributed by atoms with Crippen LogP contribution in [0, 0.1) is 0 Å². The second-order valence-corrected chi connectivity index (χ2v) is 3.40. The van der Waals surface area contributed by atoms with E-state index in [2.05, 4.69) is 5.32 Å². The van der Waals surface area contributed by atoms with Crippen LogP contribution in [0.1, 0.15) is 18.0 Å². The van der Waals surface area contributed by atoms with E-state index in [-0.39, 0.29) is 12.4 Å². The first-order chi connectivity index (χ1) is 6.85. The number of halogens is 1. The third kappa shape index (κ3) is 2.36. The van der Waals surface area contributed by atoms with Gasteiger partial charge in [0.2, 0.25) is 0 Å². The number of hydrogen-bond acceptors (Lipinski definition) is 3. The fourth-order valence-corrected chi connectivity index (χ4v) is 1.67. The molecule has 1 aromatic rings. The fourth-order valence-electron chi connectivity index (χ4n) is 1.67. The van der Waals surface area contributed by atoms with Gasteiger partial charge in [0.05, 0.1) is 14.2 Å². The molecule has 1 heterocycles. The molecule has 0 amide bonds. The highest BCUT2D eigenvalue weighted by molar-refractivity contribution is 5.85. The van der Waals surface area contributed by atoms with Crippen molar-refractivity contribution in [1.82, 2.24) is 5.32 Å². The van der Waals surface area contributed by atoms with Gasteiger partial charge >= 0.3 is 0 Å². The summed E-state index contributed by atoms with van der Waals surface area (Å²) in [4.78, 5) is 0. The van der Waals surface area contributed by atoms with Gasteiger partial charge < -0.3 is 14.8 Å². The number of ether oxygens (including phenoxy) is 2. The van der Waals surface area contributed by atoms with Crippen LogP contribution in [-0.2, 0) is 0 Å². The van der Waals surface area contributed by atoms with Crippen LogP contribution in [0.25, 0.3) is 0 Å². The van der Waals surface area contributed by atoms with Crippen LogP contribution in [0.3, 0.4) is 0 Å². The highest BCUT2D eigenvalue weighted by Crippen LogP contribution is 2.33. The summed E-state index contributed by atoms with van der Waals surface area (Å²) >= 11 is 0. The molecule has 0 unspecified atom stereocenters. The smallest absolute Gasteiger partial charge is 0.123 e.